The number of piperidine rings is 1. The minimum atomic E-state index is -3.54. The second-order valence-corrected chi connectivity index (χ2v) is 10.3. The molecule has 2 aromatic rings. The Morgan fingerprint density at radius 2 is 1.79 bits per heavy atom. The molecule has 28 heavy (non-hydrogen) atoms. The highest BCUT2D eigenvalue weighted by Crippen LogP contribution is 2.30. The first kappa shape index (κ1) is 19.6. The SMILES string of the molecule is Cc1csc(-c2cc(S(=O)(=O)N3CCCC3)cn2CC(=O)N2CCCCC2)n1. The largest absolute Gasteiger partial charge is 0.341 e. The third-order valence-electron chi connectivity index (χ3n) is 5.43. The van der Waals surface area contributed by atoms with Crippen LogP contribution in [0.3, 0.4) is 0 Å². The summed E-state index contributed by atoms with van der Waals surface area (Å²) in [5, 5.41) is 2.68. The maximum atomic E-state index is 13.0. The molecule has 9 heteroatoms. The molecule has 0 radical (unpaired) electrons. The number of aryl methyl sites for hydroxylation is 1. The molecule has 2 aliphatic heterocycles. The van der Waals surface area contributed by atoms with E-state index < -0.39 is 10.0 Å². The molecule has 2 aromatic heterocycles. The van der Waals surface area contributed by atoms with Crippen molar-refractivity contribution >= 4 is 27.3 Å². The number of likely N-dealkylation sites (tertiary alicyclic amines) is 1. The van der Waals surface area contributed by atoms with Crippen molar-refractivity contribution in [3.05, 3.63) is 23.3 Å². The molecule has 4 heterocycles. The fourth-order valence-electron chi connectivity index (χ4n) is 3.87. The smallest absolute Gasteiger partial charge is 0.244 e. The molecule has 0 aliphatic carbocycles. The molecule has 0 bridgehead atoms. The van der Waals surface area contributed by atoms with Crippen LogP contribution in [0.5, 0.6) is 0 Å². The van der Waals surface area contributed by atoms with Crippen molar-refractivity contribution in [1.29, 1.82) is 0 Å². The lowest BCUT2D eigenvalue weighted by molar-refractivity contribution is -0.132. The molecule has 1 amide bonds. The van der Waals surface area contributed by atoms with Gasteiger partial charge < -0.3 is 9.47 Å². The van der Waals surface area contributed by atoms with Gasteiger partial charge >= 0.3 is 0 Å². The Balaban J connectivity index is 1.67. The first-order valence-corrected chi connectivity index (χ1v) is 12.2. The summed E-state index contributed by atoms with van der Waals surface area (Å²) in [5.74, 6) is 0.0370. The predicted octanol–water partition coefficient (Wildman–Crippen LogP) is 2.72. The number of sulfonamides is 1. The third kappa shape index (κ3) is 3.88. The molecular formula is C19H26N4O3S2. The molecule has 2 fully saturated rings. The monoisotopic (exact) mass is 422 g/mol. The van der Waals surface area contributed by atoms with Gasteiger partial charge in [0, 0.05) is 43.4 Å². The Morgan fingerprint density at radius 3 is 2.43 bits per heavy atom. The van der Waals surface area contributed by atoms with E-state index in [0.717, 1.165) is 55.9 Å². The Labute approximate surface area is 170 Å². The summed E-state index contributed by atoms with van der Waals surface area (Å²) in [4.78, 5) is 19.5. The van der Waals surface area contributed by atoms with Crippen molar-refractivity contribution in [2.24, 2.45) is 0 Å². The Bertz CT molecular complexity index is 952. The van der Waals surface area contributed by atoms with Gasteiger partial charge in [0.05, 0.1) is 5.69 Å². The van der Waals surface area contributed by atoms with Crippen molar-refractivity contribution in [1.82, 2.24) is 18.8 Å². The normalized spacial score (nSPS) is 18.7. The van der Waals surface area contributed by atoms with Crippen LogP contribution >= 0.6 is 11.3 Å². The zero-order valence-corrected chi connectivity index (χ0v) is 17.8. The molecule has 0 saturated carbocycles. The van der Waals surface area contributed by atoms with E-state index in [4.69, 9.17) is 0 Å². The van der Waals surface area contributed by atoms with E-state index in [1.165, 1.54) is 15.6 Å². The molecule has 0 atom stereocenters. The fourth-order valence-corrected chi connectivity index (χ4v) is 6.26. The van der Waals surface area contributed by atoms with Gasteiger partial charge in [-0.3, -0.25) is 4.79 Å². The van der Waals surface area contributed by atoms with Crippen LogP contribution in [0.1, 0.15) is 37.8 Å². The van der Waals surface area contributed by atoms with Gasteiger partial charge in [0.25, 0.3) is 0 Å². The first-order valence-electron chi connectivity index (χ1n) is 9.86. The Kier molecular flexibility index (Phi) is 5.57. The van der Waals surface area contributed by atoms with E-state index in [2.05, 4.69) is 4.98 Å². The second kappa shape index (κ2) is 7.96. The molecule has 0 aromatic carbocycles. The Hall–Kier alpha value is -1.71. The predicted molar refractivity (Wildman–Crippen MR) is 109 cm³/mol. The van der Waals surface area contributed by atoms with Gasteiger partial charge in [-0.2, -0.15) is 4.31 Å². The lowest BCUT2D eigenvalue weighted by Gasteiger charge is -2.27. The summed E-state index contributed by atoms with van der Waals surface area (Å²) in [5.41, 5.74) is 1.58. The number of nitrogens with zero attached hydrogens (tertiary/aromatic N) is 4. The maximum absolute atomic E-state index is 13.0. The second-order valence-electron chi connectivity index (χ2n) is 7.54. The van der Waals surface area contributed by atoms with Gasteiger partial charge in [-0.25, -0.2) is 13.4 Å². The van der Waals surface area contributed by atoms with E-state index >= 15 is 0 Å². The van der Waals surface area contributed by atoms with Gasteiger partial charge in [0.15, 0.2) is 0 Å². The zero-order chi connectivity index (χ0) is 19.7. The highest BCUT2D eigenvalue weighted by atomic mass is 32.2. The molecule has 2 aliphatic rings. The van der Waals surface area contributed by atoms with E-state index in [0.29, 0.717) is 18.8 Å². The average molecular weight is 423 g/mol. The van der Waals surface area contributed by atoms with Gasteiger partial charge in [-0.1, -0.05) is 0 Å². The fraction of sp³-hybridized carbons (Fsp3) is 0.579. The van der Waals surface area contributed by atoms with Crippen molar-refractivity contribution in [3.8, 4) is 10.7 Å². The molecular weight excluding hydrogens is 396 g/mol. The van der Waals surface area contributed by atoms with E-state index in [-0.39, 0.29) is 17.3 Å². The number of thiazole rings is 1. The number of carbonyl (C=O) groups excluding carboxylic acids is 1. The highest BCUT2D eigenvalue weighted by molar-refractivity contribution is 7.89. The summed E-state index contributed by atoms with van der Waals surface area (Å²) < 4.78 is 29.3. The van der Waals surface area contributed by atoms with Crippen LogP contribution in [0.2, 0.25) is 0 Å². The molecule has 7 nitrogen and oxygen atoms in total. The molecule has 0 spiro atoms. The van der Waals surface area contributed by atoms with Gasteiger partial charge in [-0.05, 0) is 45.1 Å². The van der Waals surface area contributed by atoms with Crippen molar-refractivity contribution in [3.63, 3.8) is 0 Å². The van der Waals surface area contributed by atoms with Crippen LogP contribution < -0.4 is 0 Å². The van der Waals surface area contributed by atoms with Crippen molar-refractivity contribution < 1.29 is 13.2 Å². The molecule has 2 saturated heterocycles. The van der Waals surface area contributed by atoms with Crippen LogP contribution in [0, 0.1) is 6.92 Å². The van der Waals surface area contributed by atoms with Gasteiger partial charge in [0.1, 0.15) is 16.4 Å². The van der Waals surface area contributed by atoms with Crippen LogP contribution in [-0.4, -0.2) is 59.3 Å². The van der Waals surface area contributed by atoms with E-state index in [1.54, 1.807) is 16.8 Å². The average Bonchev–Trinajstić information content (AvgIpc) is 3.43. The van der Waals surface area contributed by atoms with E-state index in [1.807, 2.05) is 17.2 Å². The van der Waals surface area contributed by atoms with Gasteiger partial charge in [-0.15, -0.1) is 11.3 Å². The summed E-state index contributed by atoms with van der Waals surface area (Å²) in [7, 11) is -3.54. The lowest BCUT2D eigenvalue weighted by Crippen LogP contribution is -2.37. The quantitative estimate of drug-likeness (QED) is 0.742. The zero-order valence-electron chi connectivity index (χ0n) is 16.1. The topological polar surface area (TPSA) is 75.5 Å². The van der Waals surface area contributed by atoms with Crippen molar-refractivity contribution in [2.75, 3.05) is 26.2 Å². The minimum Gasteiger partial charge on any atom is -0.341 e. The number of amides is 1. The number of rotatable bonds is 5. The third-order valence-corrected chi connectivity index (χ3v) is 8.27. The molecule has 4 rings (SSSR count). The minimum absolute atomic E-state index is 0.0370. The number of hydrogen-bond donors (Lipinski definition) is 0. The summed E-state index contributed by atoms with van der Waals surface area (Å²) in [6.45, 7) is 4.74. The van der Waals surface area contributed by atoms with Crippen molar-refractivity contribution in [2.45, 2.75) is 50.5 Å². The summed E-state index contributed by atoms with van der Waals surface area (Å²) >= 11 is 1.47. The van der Waals surface area contributed by atoms with Crippen LogP contribution in [0.4, 0.5) is 0 Å². The highest BCUT2D eigenvalue weighted by Gasteiger charge is 2.30. The summed E-state index contributed by atoms with van der Waals surface area (Å²) in [6.07, 6.45) is 6.63. The standard InChI is InChI=1S/C19H26N4O3S2/c1-15-14-27-19(20-15)17-11-16(28(25,26)23-9-5-6-10-23)12-22(17)13-18(24)21-7-3-2-4-8-21/h11-12,14H,2-10,13H2,1H3. The van der Waals surface area contributed by atoms with Crippen LogP contribution in [0.25, 0.3) is 10.7 Å². The van der Waals surface area contributed by atoms with Crippen LogP contribution in [-0.2, 0) is 21.4 Å². The van der Waals surface area contributed by atoms with Crippen LogP contribution in [0.15, 0.2) is 22.5 Å². The van der Waals surface area contributed by atoms with Gasteiger partial charge in [0.2, 0.25) is 15.9 Å². The molecule has 0 unspecified atom stereocenters. The van der Waals surface area contributed by atoms with E-state index in [9.17, 15) is 13.2 Å². The maximum Gasteiger partial charge on any atom is 0.244 e. The molecule has 152 valence electrons. The number of hydrogen-bond acceptors (Lipinski definition) is 5. The lowest BCUT2D eigenvalue weighted by atomic mass is 10.1. The summed E-state index contributed by atoms with van der Waals surface area (Å²) in [6, 6.07) is 1.68. The Morgan fingerprint density at radius 1 is 1.11 bits per heavy atom. The number of carbonyl (C=O) groups is 1. The number of aromatic nitrogens is 2. The first-order chi connectivity index (χ1) is 13.4. The molecule has 0 N–H and O–H groups in total.